The molecule has 3 rings (SSSR count). The summed E-state index contributed by atoms with van der Waals surface area (Å²) in [6.45, 7) is 0.509. The van der Waals surface area contributed by atoms with E-state index in [1.807, 2.05) is 24.3 Å². The molecule has 0 fully saturated rings. The highest BCUT2D eigenvalue weighted by Crippen LogP contribution is 2.38. The van der Waals surface area contributed by atoms with E-state index in [2.05, 4.69) is 21.2 Å². The number of methoxy groups -OCH3 is 2. The van der Waals surface area contributed by atoms with Crippen molar-refractivity contribution in [2.75, 3.05) is 14.2 Å². The van der Waals surface area contributed by atoms with E-state index in [4.69, 9.17) is 37.4 Å². The van der Waals surface area contributed by atoms with Gasteiger partial charge in [-0.3, -0.25) is 4.79 Å². The summed E-state index contributed by atoms with van der Waals surface area (Å²) < 4.78 is 17.1. The zero-order valence-electron chi connectivity index (χ0n) is 18.9. The molecule has 0 aliphatic rings. The lowest BCUT2D eigenvalue weighted by Gasteiger charge is -2.14. The summed E-state index contributed by atoms with van der Waals surface area (Å²) in [4.78, 5) is 12.6. The van der Waals surface area contributed by atoms with Gasteiger partial charge >= 0.3 is 0 Å². The minimum atomic E-state index is -0.488. The van der Waals surface area contributed by atoms with E-state index in [-0.39, 0.29) is 18.7 Å². The van der Waals surface area contributed by atoms with Crippen LogP contribution in [0.2, 0.25) is 10.0 Å². The first kappa shape index (κ1) is 26.4. The molecule has 1 amide bonds. The molecule has 0 heterocycles. The van der Waals surface area contributed by atoms with Gasteiger partial charge < -0.3 is 19.5 Å². The fourth-order valence-corrected chi connectivity index (χ4v) is 3.98. The number of nitrogens with one attached hydrogen (secondary N) is 1. The molecule has 9 heteroatoms. The maximum atomic E-state index is 12.6. The zero-order chi connectivity index (χ0) is 25.4. The van der Waals surface area contributed by atoms with Crippen LogP contribution in [0.3, 0.4) is 0 Å². The van der Waals surface area contributed by atoms with E-state index >= 15 is 0 Å². The highest BCUT2D eigenvalue weighted by atomic mass is 79.9. The summed E-state index contributed by atoms with van der Waals surface area (Å²) in [5.74, 6) is 1.14. The van der Waals surface area contributed by atoms with Crippen LogP contribution in [0.15, 0.2) is 64.6 Å². The molecule has 1 N–H and O–H groups in total. The van der Waals surface area contributed by atoms with Crippen LogP contribution in [0.5, 0.6) is 17.2 Å². The van der Waals surface area contributed by atoms with Crippen molar-refractivity contribution in [3.8, 4) is 23.3 Å². The Morgan fingerprint density at radius 1 is 1.03 bits per heavy atom. The third kappa shape index (κ3) is 7.15. The van der Waals surface area contributed by atoms with Crippen molar-refractivity contribution >= 4 is 51.1 Å². The molecule has 0 radical (unpaired) electrons. The van der Waals surface area contributed by atoms with Gasteiger partial charge in [-0.25, -0.2) is 0 Å². The van der Waals surface area contributed by atoms with Crippen LogP contribution >= 0.6 is 39.1 Å². The number of hydrogen-bond donors (Lipinski definition) is 1. The highest BCUT2D eigenvalue weighted by Gasteiger charge is 2.14. The third-order valence-electron chi connectivity index (χ3n) is 4.91. The minimum absolute atomic E-state index is 0.0445. The Morgan fingerprint density at radius 3 is 2.37 bits per heavy atom. The molecule has 0 aliphatic heterocycles. The Labute approximate surface area is 222 Å². The van der Waals surface area contributed by atoms with Crippen LogP contribution in [-0.4, -0.2) is 20.1 Å². The molecule has 0 atom stereocenters. The molecule has 3 aromatic rings. The molecule has 0 saturated heterocycles. The van der Waals surface area contributed by atoms with Gasteiger partial charge in [0, 0.05) is 6.54 Å². The Hall–Kier alpha value is -3.18. The summed E-state index contributed by atoms with van der Waals surface area (Å²) in [7, 11) is 3.09. The van der Waals surface area contributed by atoms with E-state index < -0.39 is 5.91 Å². The maximum absolute atomic E-state index is 12.6. The molecule has 35 heavy (non-hydrogen) atoms. The fourth-order valence-electron chi connectivity index (χ4n) is 3.08. The molecule has 0 unspecified atom stereocenters. The second kappa shape index (κ2) is 12.5. The number of ether oxygens (including phenoxy) is 3. The van der Waals surface area contributed by atoms with Gasteiger partial charge in [-0.1, -0.05) is 41.4 Å². The number of benzene rings is 3. The molecular weight excluding hydrogens is 555 g/mol. The molecule has 6 nitrogen and oxygen atoms in total. The molecule has 3 aromatic carbocycles. The summed E-state index contributed by atoms with van der Waals surface area (Å²) in [6, 6.07) is 17.9. The van der Waals surface area contributed by atoms with E-state index in [1.165, 1.54) is 13.2 Å². The van der Waals surface area contributed by atoms with Gasteiger partial charge in [-0.2, -0.15) is 5.26 Å². The van der Waals surface area contributed by atoms with Crippen molar-refractivity contribution in [1.29, 1.82) is 5.26 Å². The summed E-state index contributed by atoms with van der Waals surface area (Å²) in [6.07, 6.45) is 1.49. The molecule has 0 bridgehead atoms. The fraction of sp³-hybridized carbons (Fsp3) is 0.154. The van der Waals surface area contributed by atoms with E-state index in [9.17, 15) is 10.1 Å². The number of hydrogen-bond acceptors (Lipinski definition) is 5. The number of carbonyl (C=O) groups excluding carboxylic acids is 1. The Balaban J connectivity index is 1.73. The SMILES string of the molecule is COc1ccc(CNC(=O)/C(C#N)=C\c2cc(Br)c(OCc3ccc(Cl)c(Cl)c3)c(OC)c2)cc1. The van der Waals surface area contributed by atoms with Crippen molar-refractivity contribution in [2.45, 2.75) is 13.2 Å². The lowest BCUT2D eigenvalue weighted by Crippen LogP contribution is -2.23. The second-order valence-corrected chi connectivity index (χ2v) is 8.94. The van der Waals surface area contributed by atoms with Gasteiger partial charge in [0.25, 0.3) is 5.91 Å². The van der Waals surface area contributed by atoms with Crippen LogP contribution < -0.4 is 19.5 Å². The Bertz CT molecular complexity index is 1290. The van der Waals surface area contributed by atoms with Gasteiger partial charge in [0.2, 0.25) is 0 Å². The molecule has 0 aromatic heterocycles. The lowest BCUT2D eigenvalue weighted by atomic mass is 10.1. The van der Waals surface area contributed by atoms with Crippen LogP contribution in [0, 0.1) is 11.3 Å². The Kier molecular flexibility index (Phi) is 9.44. The predicted molar refractivity (Wildman–Crippen MR) is 140 cm³/mol. The van der Waals surface area contributed by atoms with Crippen molar-refractivity contribution in [3.05, 3.63) is 91.4 Å². The number of amides is 1. The van der Waals surface area contributed by atoms with E-state index in [0.717, 1.165) is 16.9 Å². The van der Waals surface area contributed by atoms with Gasteiger partial charge in [-0.05, 0) is 75.1 Å². The monoisotopic (exact) mass is 574 g/mol. The first-order valence-electron chi connectivity index (χ1n) is 10.3. The highest BCUT2D eigenvalue weighted by molar-refractivity contribution is 9.10. The summed E-state index contributed by atoms with van der Waals surface area (Å²) in [5, 5.41) is 13.2. The summed E-state index contributed by atoms with van der Waals surface area (Å²) >= 11 is 15.5. The third-order valence-corrected chi connectivity index (χ3v) is 6.24. The molecular formula is C26H21BrCl2N2O4. The number of rotatable bonds is 9. The number of nitriles is 1. The largest absolute Gasteiger partial charge is 0.497 e. The predicted octanol–water partition coefficient (Wildman–Crippen LogP) is 6.58. The molecule has 0 saturated carbocycles. The zero-order valence-corrected chi connectivity index (χ0v) is 22.0. The van der Waals surface area contributed by atoms with Crippen LogP contribution in [0.25, 0.3) is 6.08 Å². The average Bonchev–Trinajstić information content (AvgIpc) is 2.87. The van der Waals surface area contributed by atoms with Crippen LogP contribution in [0.1, 0.15) is 16.7 Å². The number of halogens is 3. The average molecular weight is 576 g/mol. The minimum Gasteiger partial charge on any atom is -0.497 e. The summed E-state index contributed by atoms with van der Waals surface area (Å²) in [5.41, 5.74) is 2.26. The standard InChI is InChI=1S/C26H21BrCl2N2O4/c1-33-20-6-3-16(4-7-20)14-31-26(32)19(13-30)9-18-10-21(27)25(24(12-18)34-2)35-15-17-5-8-22(28)23(29)11-17/h3-12H,14-15H2,1-2H3,(H,31,32)/b19-9-. The van der Waals surface area contributed by atoms with Gasteiger partial charge in [0.15, 0.2) is 11.5 Å². The van der Waals surface area contributed by atoms with E-state index in [0.29, 0.717) is 31.6 Å². The quantitative estimate of drug-likeness (QED) is 0.230. The topological polar surface area (TPSA) is 80.6 Å². The molecule has 180 valence electrons. The maximum Gasteiger partial charge on any atom is 0.262 e. The smallest absolute Gasteiger partial charge is 0.262 e. The van der Waals surface area contributed by atoms with Crippen molar-refractivity contribution in [3.63, 3.8) is 0 Å². The normalized spacial score (nSPS) is 10.9. The van der Waals surface area contributed by atoms with Crippen LogP contribution in [-0.2, 0) is 17.9 Å². The van der Waals surface area contributed by atoms with Gasteiger partial charge in [0.1, 0.15) is 24.0 Å². The first-order chi connectivity index (χ1) is 16.8. The first-order valence-corrected chi connectivity index (χ1v) is 11.9. The molecule has 0 spiro atoms. The van der Waals surface area contributed by atoms with Crippen molar-refractivity contribution in [1.82, 2.24) is 5.32 Å². The van der Waals surface area contributed by atoms with Crippen molar-refractivity contribution in [2.24, 2.45) is 0 Å². The van der Waals surface area contributed by atoms with E-state index in [1.54, 1.807) is 43.5 Å². The Morgan fingerprint density at radius 2 is 1.74 bits per heavy atom. The van der Waals surface area contributed by atoms with Gasteiger partial charge in [-0.15, -0.1) is 0 Å². The lowest BCUT2D eigenvalue weighted by molar-refractivity contribution is -0.117. The van der Waals surface area contributed by atoms with Crippen LogP contribution in [0.4, 0.5) is 0 Å². The number of carbonyl (C=O) groups is 1. The van der Waals surface area contributed by atoms with Gasteiger partial charge in [0.05, 0.1) is 28.7 Å². The van der Waals surface area contributed by atoms with Crippen molar-refractivity contribution < 1.29 is 19.0 Å². The second-order valence-electron chi connectivity index (χ2n) is 7.27. The molecule has 0 aliphatic carbocycles. The number of nitrogens with zero attached hydrogens (tertiary/aromatic N) is 1.